The number of nitrogens with two attached hydrogens (primary N) is 1. The molecule has 4 N–H and O–H groups in total. The molecule has 0 saturated carbocycles. The van der Waals surface area contributed by atoms with E-state index >= 15 is 0 Å². The molecule has 2 aromatic carbocycles. The summed E-state index contributed by atoms with van der Waals surface area (Å²) in [6.07, 6.45) is 0. The van der Waals surface area contributed by atoms with Crippen LogP contribution in [0.25, 0.3) is 0 Å². The van der Waals surface area contributed by atoms with Crippen molar-refractivity contribution in [2.75, 3.05) is 12.4 Å². The zero-order chi connectivity index (χ0) is 17.6. The van der Waals surface area contributed by atoms with Crippen molar-refractivity contribution in [2.45, 2.75) is 19.2 Å². The number of nitrogens with zero attached hydrogens (tertiary/aromatic N) is 1. The quantitative estimate of drug-likeness (QED) is 0.550. The number of hydrogen-bond acceptors (Lipinski definition) is 3. The molecule has 128 valence electrons. The maximum atomic E-state index is 11.5. The van der Waals surface area contributed by atoms with Crippen molar-refractivity contribution < 1.29 is 8.42 Å². The molecule has 0 bridgehead atoms. The van der Waals surface area contributed by atoms with E-state index in [4.69, 9.17) is 5.73 Å². The number of nitrogens with one attached hydrogen (secondary N) is 2. The highest BCUT2D eigenvalue weighted by atomic mass is 32.2. The van der Waals surface area contributed by atoms with Crippen molar-refractivity contribution in [1.82, 2.24) is 4.72 Å². The molecule has 0 fully saturated rings. The summed E-state index contributed by atoms with van der Waals surface area (Å²) in [5, 5.41) is 3.04. The van der Waals surface area contributed by atoms with Crippen LogP contribution in [0.15, 0.2) is 53.5 Å². The highest BCUT2D eigenvalue weighted by Gasteiger charge is 2.08. The Balaban J connectivity index is 1.96. The molecule has 2 rings (SSSR count). The van der Waals surface area contributed by atoms with Gasteiger partial charge in [0.05, 0.1) is 12.3 Å². The summed E-state index contributed by atoms with van der Waals surface area (Å²) in [6, 6.07) is 15.1. The summed E-state index contributed by atoms with van der Waals surface area (Å²) >= 11 is 0. The van der Waals surface area contributed by atoms with Crippen LogP contribution in [0, 0.1) is 6.92 Å². The van der Waals surface area contributed by atoms with Crippen molar-refractivity contribution in [1.29, 1.82) is 0 Å². The standard InChI is InChI=1S/C17H22N4O2S/c1-13-4-3-5-16(10-13)21-17(18)20-11-14-6-8-15(9-7-14)12-24(22,23)19-2/h3-10,19H,11-12H2,1-2H3,(H3,18,20,21). The number of anilines is 1. The molecule has 0 radical (unpaired) electrons. The second-order valence-corrected chi connectivity index (χ2v) is 7.40. The molecule has 0 atom stereocenters. The van der Waals surface area contributed by atoms with Gasteiger partial charge in [0.15, 0.2) is 5.96 Å². The van der Waals surface area contributed by atoms with Crippen LogP contribution in [0.1, 0.15) is 16.7 Å². The Morgan fingerprint density at radius 2 is 1.79 bits per heavy atom. The lowest BCUT2D eigenvalue weighted by atomic mass is 10.1. The van der Waals surface area contributed by atoms with Crippen LogP contribution in [-0.4, -0.2) is 21.4 Å². The van der Waals surface area contributed by atoms with E-state index < -0.39 is 10.0 Å². The lowest BCUT2D eigenvalue weighted by molar-refractivity contribution is 0.587. The van der Waals surface area contributed by atoms with Gasteiger partial charge in [0.2, 0.25) is 10.0 Å². The molecule has 0 amide bonds. The summed E-state index contributed by atoms with van der Waals surface area (Å²) < 4.78 is 25.3. The first-order chi connectivity index (χ1) is 11.4. The summed E-state index contributed by atoms with van der Waals surface area (Å²) in [5.74, 6) is 0.298. The molecule has 0 aliphatic carbocycles. The van der Waals surface area contributed by atoms with Crippen LogP contribution in [0.2, 0.25) is 0 Å². The summed E-state index contributed by atoms with van der Waals surface area (Å²) in [4.78, 5) is 4.29. The Morgan fingerprint density at radius 3 is 2.42 bits per heavy atom. The SMILES string of the molecule is CNS(=O)(=O)Cc1ccc(CN=C(N)Nc2cccc(C)c2)cc1. The van der Waals surface area contributed by atoms with Crippen LogP contribution in [0.3, 0.4) is 0 Å². The Morgan fingerprint density at radius 1 is 1.12 bits per heavy atom. The Hall–Kier alpha value is -2.38. The molecule has 6 nitrogen and oxygen atoms in total. The number of sulfonamides is 1. The van der Waals surface area contributed by atoms with Gasteiger partial charge in [0.25, 0.3) is 0 Å². The van der Waals surface area contributed by atoms with Gasteiger partial charge in [-0.1, -0.05) is 36.4 Å². The minimum absolute atomic E-state index is 0.0376. The summed E-state index contributed by atoms with van der Waals surface area (Å²) in [5.41, 5.74) is 9.60. The molecule has 7 heteroatoms. The molecule has 0 aliphatic heterocycles. The van der Waals surface area contributed by atoms with Gasteiger partial charge < -0.3 is 11.1 Å². The van der Waals surface area contributed by atoms with E-state index in [0.29, 0.717) is 12.5 Å². The van der Waals surface area contributed by atoms with Crippen LogP contribution in [0.4, 0.5) is 5.69 Å². The molecular weight excluding hydrogens is 324 g/mol. The smallest absolute Gasteiger partial charge is 0.215 e. The van der Waals surface area contributed by atoms with Gasteiger partial charge in [0, 0.05) is 5.69 Å². The van der Waals surface area contributed by atoms with E-state index in [1.807, 2.05) is 43.3 Å². The van der Waals surface area contributed by atoms with Crippen molar-refractivity contribution in [3.05, 3.63) is 65.2 Å². The largest absolute Gasteiger partial charge is 0.370 e. The Labute approximate surface area is 142 Å². The normalized spacial score (nSPS) is 12.2. The summed E-state index contributed by atoms with van der Waals surface area (Å²) in [6.45, 7) is 2.43. The van der Waals surface area contributed by atoms with Crippen molar-refractivity contribution in [3.63, 3.8) is 0 Å². The third-order valence-electron chi connectivity index (χ3n) is 3.41. The number of aliphatic imine (C=N–C) groups is 1. The van der Waals surface area contributed by atoms with Crippen molar-refractivity contribution in [2.24, 2.45) is 10.7 Å². The number of aryl methyl sites for hydroxylation is 1. The fraction of sp³-hybridized carbons (Fsp3) is 0.235. The van der Waals surface area contributed by atoms with Gasteiger partial charge >= 0.3 is 0 Å². The van der Waals surface area contributed by atoms with Crippen LogP contribution in [-0.2, 0) is 22.3 Å². The fourth-order valence-corrected chi connectivity index (χ4v) is 2.89. The van der Waals surface area contributed by atoms with E-state index in [-0.39, 0.29) is 5.75 Å². The molecule has 2 aromatic rings. The van der Waals surface area contributed by atoms with Gasteiger partial charge in [-0.25, -0.2) is 18.1 Å². The molecule has 0 aromatic heterocycles. The zero-order valence-electron chi connectivity index (χ0n) is 13.8. The molecule has 24 heavy (non-hydrogen) atoms. The highest BCUT2D eigenvalue weighted by Crippen LogP contribution is 2.10. The average molecular weight is 346 g/mol. The zero-order valence-corrected chi connectivity index (χ0v) is 14.6. The first kappa shape index (κ1) is 18.0. The second kappa shape index (κ2) is 7.94. The van der Waals surface area contributed by atoms with E-state index in [1.165, 1.54) is 7.05 Å². The number of rotatable bonds is 6. The van der Waals surface area contributed by atoms with Crippen LogP contribution in [0.5, 0.6) is 0 Å². The first-order valence-electron chi connectivity index (χ1n) is 7.50. The molecule has 0 heterocycles. The highest BCUT2D eigenvalue weighted by molar-refractivity contribution is 7.88. The van der Waals surface area contributed by atoms with E-state index in [9.17, 15) is 8.42 Å². The maximum absolute atomic E-state index is 11.5. The van der Waals surface area contributed by atoms with Gasteiger partial charge in [-0.15, -0.1) is 0 Å². The van der Waals surface area contributed by atoms with Gasteiger partial charge in [0.1, 0.15) is 0 Å². The van der Waals surface area contributed by atoms with E-state index in [2.05, 4.69) is 15.0 Å². The molecule has 0 aliphatic rings. The van der Waals surface area contributed by atoms with E-state index in [0.717, 1.165) is 22.4 Å². The topological polar surface area (TPSA) is 96.6 Å². The number of hydrogen-bond donors (Lipinski definition) is 3. The van der Waals surface area contributed by atoms with Crippen molar-refractivity contribution in [3.8, 4) is 0 Å². The lowest BCUT2D eigenvalue weighted by Gasteiger charge is -2.07. The minimum atomic E-state index is -3.26. The van der Waals surface area contributed by atoms with Crippen molar-refractivity contribution >= 4 is 21.7 Å². The summed E-state index contributed by atoms with van der Waals surface area (Å²) in [7, 11) is -1.85. The predicted octanol–water partition coefficient (Wildman–Crippen LogP) is 1.97. The Kier molecular flexibility index (Phi) is 5.94. The third-order valence-corrected chi connectivity index (χ3v) is 4.75. The minimum Gasteiger partial charge on any atom is -0.370 e. The van der Waals surface area contributed by atoms with Gasteiger partial charge in [-0.2, -0.15) is 0 Å². The van der Waals surface area contributed by atoms with Gasteiger partial charge in [-0.3, -0.25) is 0 Å². The molecular formula is C17H22N4O2S. The first-order valence-corrected chi connectivity index (χ1v) is 9.16. The number of guanidine groups is 1. The third kappa shape index (κ3) is 5.68. The van der Waals surface area contributed by atoms with Crippen LogP contribution >= 0.6 is 0 Å². The number of benzene rings is 2. The van der Waals surface area contributed by atoms with Gasteiger partial charge in [-0.05, 0) is 42.8 Å². The van der Waals surface area contributed by atoms with E-state index in [1.54, 1.807) is 12.1 Å². The average Bonchev–Trinajstić information content (AvgIpc) is 2.54. The second-order valence-electron chi connectivity index (χ2n) is 5.48. The van der Waals surface area contributed by atoms with Crippen LogP contribution < -0.4 is 15.8 Å². The lowest BCUT2D eigenvalue weighted by Crippen LogP contribution is -2.22. The monoisotopic (exact) mass is 346 g/mol. The maximum Gasteiger partial charge on any atom is 0.215 e. The molecule has 0 saturated heterocycles. The Bertz CT molecular complexity index is 815. The molecule has 0 spiro atoms. The predicted molar refractivity (Wildman–Crippen MR) is 98.3 cm³/mol. The fourth-order valence-electron chi connectivity index (χ4n) is 2.12. The molecule has 0 unspecified atom stereocenters.